The van der Waals surface area contributed by atoms with E-state index in [1.165, 1.54) is 103 Å². The van der Waals surface area contributed by atoms with Crippen molar-refractivity contribution >= 4 is 11.9 Å². The number of carbonyl (C=O) groups is 2. The standard InChI is InChI=1S/C35H69NO4/c1-6-9-12-15-16-17-20-23-27-33(40-34(37)28-24-29-36(4)5)31-39-35(38)30-32(25-21-18-13-10-7-2)26-22-19-14-11-8-3/h32-33H,6-31H2,1-5H3. The highest BCUT2D eigenvalue weighted by molar-refractivity contribution is 5.70. The Hall–Kier alpha value is -1.10. The van der Waals surface area contributed by atoms with E-state index in [0.717, 1.165) is 45.1 Å². The van der Waals surface area contributed by atoms with Gasteiger partial charge in [0.2, 0.25) is 0 Å². The Kier molecular flexibility index (Phi) is 28.6. The Morgan fingerprint density at radius 3 is 1.50 bits per heavy atom. The maximum atomic E-state index is 12.9. The topological polar surface area (TPSA) is 55.8 Å². The molecule has 1 atom stereocenters. The first-order chi connectivity index (χ1) is 19.4. The average molecular weight is 568 g/mol. The highest BCUT2D eigenvalue weighted by atomic mass is 16.6. The van der Waals surface area contributed by atoms with E-state index in [1.807, 2.05) is 14.1 Å². The molecule has 5 heteroatoms. The molecule has 0 heterocycles. The molecular formula is C35H69NO4. The van der Waals surface area contributed by atoms with E-state index < -0.39 is 0 Å². The van der Waals surface area contributed by atoms with Crippen LogP contribution in [0.2, 0.25) is 0 Å². The lowest BCUT2D eigenvalue weighted by Gasteiger charge is -2.20. The summed E-state index contributed by atoms with van der Waals surface area (Å²) in [5.74, 6) is 0.131. The van der Waals surface area contributed by atoms with Gasteiger partial charge in [-0.3, -0.25) is 9.59 Å². The second-order valence-corrected chi connectivity index (χ2v) is 12.4. The van der Waals surface area contributed by atoms with Gasteiger partial charge in [0.05, 0.1) is 0 Å². The van der Waals surface area contributed by atoms with Crippen LogP contribution in [0.25, 0.3) is 0 Å². The quantitative estimate of drug-likeness (QED) is 0.0638. The number of hydrogen-bond donors (Lipinski definition) is 0. The summed E-state index contributed by atoms with van der Waals surface area (Å²) in [7, 11) is 4.03. The van der Waals surface area contributed by atoms with Crippen LogP contribution in [0.4, 0.5) is 0 Å². The van der Waals surface area contributed by atoms with E-state index in [1.54, 1.807) is 0 Å². The Balaban J connectivity index is 4.70. The molecular weight excluding hydrogens is 498 g/mol. The fraction of sp³-hybridized carbons (Fsp3) is 0.943. The van der Waals surface area contributed by atoms with Gasteiger partial charge in [0, 0.05) is 12.8 Å². The third-order valence-corrected chi connectivity index (χ3v) is 7.98. The molecule has 0 aromatic carbocycles. The maximum absolute atomic E-state index is 12.9. The highest BCUT2D eigenvalue weighted by Crippen LogP contribution is 2.23. The largest absolute Gasteiger partial charge is 0.462 e. The Labute approximate surface area is 249 Å². The molecule has 238 valence electrons. The van der Waals surface area contributed by atoms with Gasteiger partial charge in [-0.15, -0.1) is 0 Å². The summed E-state index contributed by atoms with van der Waals surface area (Å²) in [5, 5.41) is 0. The molecule has 0 aromatic heterocycles. The van der Waals surface area contributed by atoms with Crippen LogP contribution in [-0.2, 0) is 19.1 Å². The lowest BCUT2D eigenvalue weighted by Crippen LogP contribution is -2.26. The third kappa shape index (κ3) is 27.1. The van der Waals surface area contributed by atoms with Crippen LogP contribution in [0.5, 0.6) is 0 Å². The zero-order valence-electron chi connectivity index (χ0n) is 27.6. The van der Waals surface area contributed by atoms with E-state index in [2.05, 4.69) is 25.7 Å². The van der Waals surface area contributed by atoms with Crippen LogP contribution >= 0.6 is 0 Å². The normalized spacial score (nSPS) is 12.3. The van der Waals surface area contributed by atoms with Gasteiger partial charge in [0.15, 0.2) is 0 Å². The van der Waals surface area contributed by atoms with E-state index in [9.17, 15) is 9.59 Å². The predicted octanol–water partition coefficient (Wildman–Crippen LogP) is 10.0. The van der Waals surface area contributed by atoms with Crippen LogP contribution < -0.4 is 0 Å². The second-order valence-electron chi connectivity index (χ2n) is 12.4. The fourth-order valence-corrected chi connectivity index (χ4v) is 5.37. The zero-order valence-corrected chi connectivity index (χ0v) is 27.6. The van der Waals surface area contributed by atoms with Crippen molar-refractivity contribution in [2.45, 2.75) is 181 Å². The van der Waals surface area contributed by atoms with Crippen LogP contribution in [0.15, 0.2) is 0 Å². The van der Waals surface area contributed by atoms with Gasteiger partial charge in [0.1, 0.15) is 12.7 Å². The molecule has 40 heavy (non-hydrogen) atoms. The number of rotatable bonds is 30. The van der Waals surface area contributed by atoms with Gasteiger partial charge >= 0.3 is 11.9 Å². The lowest BCUT2D eigenvalue weighted by molar-refractivity contribution is -0.160. The molecule has 0 saturated carbocycles. The lowest BCUT2D eigenvalue weighted by atomic mass is 9.91. The first-order valence-corrected chi connectivity index (χ1v) is 17.4. The van der Waals surface area contributed by atoms with Gasteiger partial charge in [-0.1, -0.05) is 130 Å². The van der Waals surface area contributed by atoms with Crippen molar-refractivity contribution in [3.63, 3.8) is 0 Å². The fourth-order valence-electron chi connectivity index (χ4n) is 5.37. The molecule has 0 saturated heterocycles. The Morgan fingerprint density at radius 2 is 1.02 bits per heavy atom. The van der Waals surface area contributed by atoms with E-state index in [0.29, 0.717) is 18.8 Å². The number of esters is 2. The van der Waals surface area contributed by atoms with Gasteiger partial charge in [-0.2, -0.15) is 0 Å². The first-order valence-electron chi connectivity index (χ1n) is 17.4. The van der Waals surface area contributed by atoms with Crippen molar-refractivity contribution in [1.29, 1.82) is 0 Å². The van der Waals surface area contributed by atoms with Crippen molar-refractivity contribution in [2.75, 3.05) is 27.2 Å². The molecule has 0 amide bonds. The van der Waals surface area contributed by atoms with E-state index in [-0.39, 0.29) is 24.6 Å². The van der Waals surface area contributed by atoms with Crippen LogP contribution in [-0.4, -0.2) is 50.2 Å². The molecule has 0 rings (SSSR count). The first kappa shape index (κ1) is 38.9. The van der Waals surface area contributed by atoms with E-state index >= 15 is 0 Å². The Bertz CT molecular complexity index is 552. The highest BCUT2D eigenvalue weighted by Gasteiger charge is 2.19. The predicted molar refractivity (Wildman–Crippen MR) is 171 cm³/mol. The molecule has 0 radical (unpaired) electrons. The summed E-state index contributed by atoms with van der Waals surface area (Å²) in [6.07, 6.45) is 27.0. The summed E-state index contributed by atoms with van der Waals surface area (Å²) in [4.78, 5) is 27.5. The van der Waals surface area contributed by atoms with Crippen molar-refractivity contribution < 1.29 is 19.1 Å². The monoisotopic (exact) mass is 568 g/mol. The molecule has 0 aliphatic carbocycles. The molecule has 0 spiro atoms. The summed E-state index contributed by atoms with van der Waals surface area (Å²) < 4.78 is 11.6. The number of nitrogens with zero attached hydrogens (tertiary/aromatic N) is 1. The molecule has 0 aliphatic heterocycles. The number of hydrogen-bond acceptors (Lipinski definition) is 5. The number of carbonyl (C=O) groups excluding carboxylic acids is 2. The van der Waals surface area contributed by atoms with Crippen molar-refractivity contribution in [3.8, 4) is 0 Å². The third-order valence-electron chi connectivity index (χ3n) is 7.98. The van der Waals surface area contributed by atoms with Gasteiger partial charge < -0.3 is 14.4 Å². The molecule has 0 N–H and O–H groups in total. The number of unbranched alkanes of at least 4 members (excludes halogenated alkanes) is 15. The molecule has 0 aliphatic rings. The average Bonchev–Trinajstić information content (AvgIpc) is 2.92. The molecule has 0 bridgehead atoms. The van der Waals surface area contributed by atoms with E-state index in [4.69, 9.17) is 9.47 Å². The van der Waals surface area contributed by atoms with Gasteiger partial charge in [0.25, 0.3) is 0 Å². The Morgan fingerprint density at radius 1 is 0.575 bits per heavy atom. The molecule has 5 nitrogen and oxygen atoms in total. The minimum absolute atomic E-state index is 0.114. The summed E-state index contributed by atoms with van der Waals surface area (Å²) in [6, 6.07) is 0. The van der Waals surface area contributed by atoms with Crippen molar-refractivity contribution in [3.05, 3.63) is 0 Å². The van der Waals surface area contributed by atoms with Gasteiger partial charge in [-0.25, -0.2) is 0 Å². The molecule has 0 fully saturated rings. The zero-order chi connectivity index (χ0) is 29.7. The van der Waals surface area contributed by atoms with Crippen LogP contribution in [0, 0.1) is 5.92 Å². The second kappa shape index (κ2) is 29.4. The SMILES string of the molecule is CCCCCCCCCCC(COC(=O)CC(CCCCCCC)CCCCCCC)OC(=O)CCCN(C)C. The molecule has 1 unspecified atom stereocenters. The maximum Gasteiger partial charge on any atom is 0.306 e. The van der Waals surface area contributed by atoms with Crippen LogP contribution in [0.1, 0.15) is 175 Å². The van der Waals surface area contributed by atoms with Crippen molar-refractivity contribution in [1.82, 2.24) is 4.90 Å². The van der Waals surface area contributed by atoms with Gasteiger partial charge in [-0.05, 0) is 58.7 Å². The summed E-state index contributed by atoms with van der Waals surface area (Å²) in [6.45, 7) is 7.81. The smallest absolute Gasteiger partial charge is 0.306 e. The van der Waals surface area contributed by atoms with Crippen molar-refractivity contribution in [2.24, 2.45) is 5.92 Å². The summed E-state index contributed by atoms with van der Waals surface area (Å²) >= 11 is 0. The minimum Gasteiger partial charge on any atom is -0.462 e. The minimum atomic E-state index is -0.322. The number of ether oxygens (including phenoxy) is 2. The van der Waals surface area contributed by atoms with Crippen LogP contribution in [0.3, 0.4) is 0 Å². The summed E-state index contributed by atoms with van der Waals surface area (Å²) in [5.41, 5.74) is 0. The molecule has 0 aromatic rings.